The van der Waals surface area contributed by atoms with E-state index in [9.17, 15) is 18.5 Å². The van der Waals surface area contributed by atoms with Crippen LogP contribution in [-0.2, 0) is 16.6 Å². The molecule has 0 aromatic heterocycles. The van der Waals surface area contributed by atoms with Gasteiger partial charge in [-0.2, -0.15) is 4.31 Å². The van der Waals surface area contributed by atoms with Crippen molar-refractivity contribution in [2.45, 2.75) is 18.4 Å². The molecule has 7 heteroatoms. The van der Waals surface area contributed by atoms with Crippen molar-refractivity contribution in [2.75, 3.05) is 7.05 Å². The fourth-order valence-corrected chi connectivity index (χ4v) is 3.11. The summed E-state index contributed by atoms with van der Waals surface area (Å²) in [4.78, 5) is 10.1. The lowest BCUT2D eigenvalue weighted by atomic mass is 10.1. The number of benzene rings is 2. The van der Waals surface area contributed by atoms with Crippen LogP contribution in [0.25, 0.3) is 0 Å². The monoisotopic (exact) mass is 320 g/mol. The molecule has 0 radical (unpaired) electrons. The highest BCUT2D eigenvalue weighted by molar-refractivity contribution is 7.89. The van der Waals surface area contributed by atoms with E-state index in [4.69, 9.17) is 0 Å². The van der Waals surface area contributed by atoms with Gasteiger partial charge in [-0.05, 0) is 24.6 Å². The molecule has 0 aliphatic heterocycles. The van der Waals surface area contributed by atoms with Crippen molar-refractivity contribution in [3.05, 3.63) is 69.8 Å². The quantitative estimate of drug-likeness (QED) is 0.626. The van der Waals surface area contributed by atoms with Crippen molar-refractivity contribution in [3.8, 4) is 0 Å². The first-order valence-corrected chi connectivity index (χ1v) is 8.01. The summed E-state index contributed by atoms with van der Waals surface area (Å²) in [6.07, 6.45) is 0. The minimum Gasteiger partial charge on any atom is -0.258 e. The number of rotatable bonds is 5. The van der Waals surface area contributed by atoms with Gasteiger partial charge in [-0.25, -0.2) is 8.42 Å². The molecule has 2 aromatic carbocycles. The Morgan fingerprint density at radius 3 is 2.09 bits per heavy atom. The fraction of sp³-hybridized carbons (Fsp3) is 0.200. The van der Waals surface area contributed by atoms with Crippen molar-refractivity contribution in [1.29, 1.82) is 0 Å². The molecule has 0 bridgehead atoms. The smallest absolute Gasteiger partial charge is 0.258 e. The molecule has 2 aromatic rings. The zero-order chi connectivity index (χ0) is 16.3. The van der Waals surface area contributed by atoms with E-state index in [2.05, 4.69) is 0 Å². The molecule has 0 aliphatic rings. The second-order valence-corrected chi connectivity index (χ2v) is 7.04. The summed E-state index contributed by atoms with van der Waals surface area (Å²) in [5.41, 5.74) is 1.84. The third-order valence-corrected chi connectivity index (χ3v) is 5.10. The summed E-state index contributed by atoms with van der Waals surface area (Å²) in [5, 5.41) is 10.6. The average Bonchev–Trinajstić information content (AvgIpc) is 2.49. The van der Waals surface area contributed by atoms with Gasteiger partial charge < -0.3 is 0 Å². The second-order valence-electron chi connectivity index (χ2n) is 5.00. The summed E-state index contributed by atoms with van der Waals surface area (Å²) < 4.78 is 26.1. The molecule has 22 heavy (non-hydrogen) atoms. The lowest BCUT2D eigenvalue weighted by Crippen LogP contribution is -2.26. The minimum absolute atomic E-state index is 0.0349. The second kappa shape index (κ2) is 6.25. The predicted octanol–water partition coefficient (Wildman–Crippen LogP) is 2.72. The SMILES string of the molecule is Cc1ccc(CN(C)S(=O)(=O)c2ccc([N+](=O)[O-])cc2)cc1. The van der Waals surface area contributed by atoms with Crippen molar-refractivity contribution in [1.82, 2.24) is 4.31 Å². The van der Waals surface area contributed by atoms with Gasteiger partial charge in [-0.1, -0.05) is 29.8 Å². The summed E-state index contributed by atoms with van der Waals surface area (Å²) in [6.45, 7) is 2.20. The van der Waals surface area contributed by atoms with E-state index < -0.39 is 14.9 Å². The molecule has 0 spiro atoms. The Morgan fingerprint density at radius 1 is 1.05 bits per heavy atom. The first kappa shape index (κ1) is 16.1. The van der Waals surface area contributed by atoms with Crippen molar-refractivity contribution in [2.24, 2.45) is 0 Å². The van der Waals surface area contributed by atoms with Gasteiger partial charge in [0.2, 0.25) is 10.0 Å². The fourth-order valence-electron chi connectivity index (χ4n) is 1.96. The highest BCUT2D eigenvalue weighted by Crippen LogP contribution is 2.20. The Kier molecular flexibility index (Phi) is 4.58. The lowest BCUT2D eigenvalue weighted by molar-refractivity contribution is -0.384. The Labute approximate surface area is 129 Å². The number of hydrogen-bond donors (Lipinski definition) is 0. The molecule has 0 saturated heterocycles. The third kappa shape index (κ3) is 3.49. The van der Waals surface area contributed by atoms with E-state index in [1.54, 1.807) is 0 Å². The van der Waals surface area contributed by atoms with Crippen molar-refractivity contribution >= 4 is 15.7 Å². The van der Waals surface area contributed by atoms with Crippen LogP contribution in [-0.4, -0.2) is 24.7 Å². The Morgan fingerprint density at radius 2 is 1.59 bits per heavy atom. The molecular formula is C15H16N2O4S. The average molecular weight is 320 g/mol. The number of nitrogens with zero attached hydrogens (tertiary/aromatic N) is 2. The zero-order valence-corrected chi connectivity index (χ0v) is 13.1. The molecule has 0 atom stereocenters. The van der Waals surface area contributed by atoms with Crippen LogP contribution in [0.5, 0.6) is 0 Å². The van der Waals surface area contributed by atoms with Crippen molar-refractivity contribution in [3.63, 3.8) is 0 Å². The van der Waals surface area contributed by atoms with Crippen LogP contribution >= 0.6 is 0 Å². The van der Waals surface area contributed by atoms with E-state index in [0.717, 1.165) is 11.1 Å². The van der Waals surface area contributed by atoms with E-state index in [0.29, 0.717) is 0 Å². The molecule has 0 heterocycles. The van der Waals surface area contributed by atoms with E-state index >= 15 is 0 Å². The molecule has 0 unspecified atom stereocenters. The largest absolute Gasteiger partial charge is 0.269 e. The maximum atomic E-state index is 12.4. The standard InChI is InChI=1S/C15H16N2O4S/c1-12-3-5-13(6-4-12)11-16(2)22(20,21)15-9-7-14(8-10-15)17(18)19/h3-10H,11H2,1-2H3. The number of non-ortho nitro benzene ring substituents is 1. The number of nitro benzene ring substituents is 1. The van der Waals surface area contributed by atoms with Gasteiger partial charge >= 0.3 is 0 Å². The maximum Gasteiger partial charge on any atom is 0.269 e. The Hall–Kier alpha value is -2.25. The van der Waals surface area contributed by atoms with Crippen LogP contribution < -0.4 is 0 Å². The number of aryl methyl sites for hydroxylation is 1. The topological polar surface area (TPSA) is 80.5 Å². The highest BCUT2D eigenvalue weighted by Gasteiger charge is 2.21. The normalized spacial score (nSPS) is 11.6. The number of hydrogen-bond acceptors (Lipinski definition) is 4. The molecule has 116 valence electrons. The van der Waals surface area contributed by atoms with Gasteiger partial charge in [0.05, 0.1) is 9.82 Å². The van der Waals surface area contributed by atoms with Crippen LogP contribution in [0, 0.1) is 17.0 Å². The van der Waals surface area contributed by atoms with Gasteiger partial charge in [0.1, 0.15) is 0 Å². The van der Waals surface area contributed by atoms with Gasteiger partial charge in [0, 0.05) is 25.7 Å². The van der Waals surface area contributed by atoms with Crippen LogP contribution in [0.15, 0.2) is 53.4 Å². The van der Waals surface area contributed by atoms with Gasteiger partial charge in [-0.15, -0.1) is 0 Å². The summed E-state index contributed by atoms with van der Waals surface area (Å²) in [5.74, 6) is 0. The molecule has 0 saturated carbocycles. The van der Waals surface area contributed by atoms with E-state index in [1.165, 1.54) is 35.6 Å². The van der Waals surface area contributed by atoms with Gasteiger partial charge in [0.15, 0.2) is 0 Å². The van der Waals surface area contributed by atoms with E-state index in [-0.39, 0.29) is 17.1 Å². The molecule has 6 nitrogen and oxygen atoms in total. The predicted molar refractivity (Wildman–Crippen MR) is 82.9 cm³/mol. The molecule has 0 aliphatic carbocycles. The van der Waals surface area contributed by atoms with Crippen LogP contribution in [0.3, 0.4) is 0 Å². The zero-order valence-electron chi connectivity index (χ0n) is 12.3. The molecule has 2 rings (SSSR count). The third-order valence-electron chi connectivity index (χ3n) is 3.28. The summed E-state index contributed by atoms with van der Waals surface area (Å²) in [6, 6.07) is 12.5. The maximum absolute atomic E-state index is 12.4. The van der Waals surface area contributed by atoms with Gasteiger partial charge in [-0.3, -0.25) is 10.1 Å². The molecule has 0 N–H and O–H groups in total. The molecule has 0 fully saturated rings. The lowest BCUT2D eigenvalue weighted by Gasteiger charge is -2.17. The Bertz CT molecular complexity index is 768. The first-order valence-electron chi connectivity index (χ1n) is 6.57. The van der Waals surface area contributed by atoms with Crippen molar-refractivity contribution < 1.29 is 13.3 Å². The number of nitro groups is 1. The first-order chi connectivity index (χ1) is 10.3. The molecular weight excluding hydrogens is 304 g/mol. The van der Waals surface area contributed by atoms with Gasteiger partial charge in [0.25, 0.3) is 5.69 Å². The van der Waals surface area contributed by atoms with Crippen LogP contribution in [0.2, 0.25) is 0 Å². The Balaban J connectivity index is 2.21. The summed E-state index contributed by atoms with van der Waals surface area (Å²) >= 11 is 0. The minimum atomic E-state index is -3.68. The van der Waals surface area contributed by atoms with E-state index in [1.807, 2.05) is 31.2 Å². The molecule has 0 amide bonds. The summed E-state index contributed by atoms with van der Waals surface area (Å²) in [7, 11) is -2.20. The highest BCUT2D eigenvalue weighted by atomic mass is 32.2. The van der Waals surface area contributed by atoms with Crippen LogP contribution in [0.1, 0.15) is 11.1 Å². The van der Waals surface area contributed by atoms with Crippen LogP contribution in [0.4, 0.5) is 5.69 Å². The number of sulfonamides is 1.